The number of ether oxygens (including phenoxy) is 1. The molecule has 2 heterocycles. The first-order chi connectivity index (χ1) is 13.8. The molecule has 0 bridgehead atoms. The lowest BCUT2D eigenvalue weighted by atomic mass is 10.1. The van der Waals surface area contributed by atoms with Gasteiger partial charge in [0.2, 0.25) is 0 Å². The molecule has 1 aliphatic rings. The molecule has 1 aromatic carbocycles. The van der Waals surface area contributed by atoms with Gasteiger partial charge in [0.05, 0.1) is 28.2 Å². The fourth-order valence-electron chi connectivity index (χ4n) is 3.41. The molecule has 1 saturated carbocycles. The third kappa shape index (κ3) is 3.72. The number of amides is 1. The number of benzene rings is 1. The van der Waals surface area contributed by atoms with Crippen LogP contribution in [0, 0.1) is 13.8 Å². The molecule has 1 aliphatic carbocycles. The van der Waals surface area contributed by atoms with Gasteiger partial charge in [-0.25, -0.2) is 4.79 Å². The summed E-state index contributed by atoms with van der Waals surface area (Å²) in [4.78, 5) is 30.2. The molecular formula is C22H24N4O3. The number of hydrogen-bond donors (Lipinski definition) is 1. The highest BCUT2D eigenvalue weighted by Crippen LogP contribution is 2.40. The first-order valence-electron chi connectivity index (χ1n) is 9.77. The van der Waals surface area contributed by atoms with Gasteiger partial charge in [-0.2, -0.15) is 5.10 Å². The smallest absolute Gasteiger partial charge is 0.339 e. The van der Waals surface area contributed by atoms with Crippen molar-refractivity contribution in [2.75, 3.05) is 5.32 Å². The number of nitrogens with one attached hydrogen (secondary N) is 1. The number of hydrogen-bond acceptors (Lipinski definition) is 5. The summed E-state index contributed by atoms with van der Waals surface area (Å²) in [7, 11) is 1.81. The van der Waals surface area contributed by atoms with Crippen molar-refractivity contribution in [3.63, 3.8) is 0 Å². The van der Waals surface area contributed by atoms with Gasteiger partial charge in [0.15, 0.2) is 6.10 Å². The van der Waals surface area contributed by atoms with Crippen LogP contribution in [0.2, 0.25) is 0 Å². The zero-order valence-corrected chi connectivity index (χ0v) is 17.0. The van der Waals surface area contributed by atoms with Crippen molar-refractivity contribution in [1.29, 1.82) is 0 Å². The Morgan fingerprint density at radius 2 is 1.97 bits per heavy atom. The van der Waals surface area contributed by atoms with Crippen LogP contribution in [0.1, 0.15) is 53.1 Å². The van der Waals surface area contributed by atoms with Crippen LogP contribution in [0.5, 0.6) is 0 Å². The van der Waals surface area contributed by atoms with Gasteiger partial charge in [0.25, 0.3) is 5.91 Å². The summed E-state index contributed by atoms with van der Waals surface area (Å²) in [6.07, 6.45) is 1.23. The third-order valence-corrected chi connectivity index (χ3v) is 5.36. The van der Waals surface area contributed by atoms with Crippen LogP contribution >= 0.6 is 0 Å². The van der Waals surface area contributed by atoms with Gasteiger partial charge in [0, 0.05) is 24.0 Å². The molecule has 0 radical (unpaired) electrons. The Labute approximate surface area is 169 Å². The largest absolute Gasteiger partial charge is 0.449 e. The number of fused-ring (bicyclic) bond motifs is 1. The van der Waals surface area contributed by atoms with Gasteiger partial charge in [-0.1, -0.05) is 18.2 Å². The van der Waals surface area contributed by atoms with Crippen molar-refractivity contribution in [3.05, 3.63) is 53.0 Å². The van der Waals surface area contributed by atoms with Crippen LogP contribution in [-0.4, -0.2) is 32.7 Å². The number of rotatable bonds is 5. The lowest BCUT2D eigenvalue weighted by molar-refractivity contribution is -0.123. The minimum atomic E-state index is -0.946. The molecule has 1 fully saturated rings. The molecule has 0 unspecified atom stereocenters. The minimum Gasteiger partial charge on any atom is -0.449 e. The summed E-state index contributed by atoms with van der Waals surface area (Å²) < 4.78 is 7.21. The number of aryl methyl sites for hydroxylation is 2. The maximum atomic E-state index is 12.9. The monoisotopic (exact) mass is 392 g/mol. The van der Waals surface area contributed by atoms with E-state index in [1.807, 2.05) is 51.2 Å². The fourth-order valence-corrected chi connectivity index (χ4v) is 3.41. The third-order valence-electron chi connectivity index (χ3n) is 5.36. The lowest BCUT2D eigenvalue weighted by Gasteiger charge is -2.15. The Hall–Kier alpha value is -3.22. The molecule has 150 valence electrons. The predicted molar refractivity (Wildman–Crippen MR) is 110 cm³/mol. The number of carbonyl (C=O) groups excluding carboxylic acids is 2. The Morgan fingerprint density at radius 1 is 1.24 bits per heavy atom. The van der Waals surface area contributed by atoms with E-state index in [-0.39, 0.29) is 0 Å². The van der Waals surface area contributed by atoms with Crippen LogP contribution in [0.15, 0.2) is 30.3 Å². The van der Waals surface area contributed by atoms with Gasteiger partial charge in [-0.15, -0.1) is 0 Å². The highest BCUT2D eigenvalue weighted by atomic mass is 16.5. The number of esters is 1. The van der Waals surface area contributed by atoms with Crippen LogP contribution < -0.4 is 5.32 Å². The van der Waals surface area contributed by atoms with E-state index in [1.165, 1.54) is 0 Å². The summed E-state index contributed by atoms with van der Waals surface area (Å²) in [6, 6.07) is 9.31. The first-order valence-corrected chi connectivity index (χ1v) is 9.77. The van der Waals surface area contributed by atoms with Crippen molar-refractivity contribution in [1.82, 2.24) is 14.8 Å². The molecule has 1 amide bonds. The van der Waals surface area contributed by atoms with Crippen LogP contribution in [0.25, 0.3) is 10.9 Å². The fraction of sp³-hybridized carbons (Fsp3) is 0.364. The van der Waals surface area contributed by atoms with Crippen molar-refractivity contribution in [2.24, 2.45) is 7.05 Å². The van der Waals surface area contributed by atoms with E-state index in [1.54, 1.807) is 11.6 Å². The molecule has 2 aromatic heterocycles. The number of aromatic nitrogens is 3. The molecule has 1 atom stereocenters. The molecule has 0 saturated heterocycles. The second-order valence-corrected chi connectivity index (χ2v) is 7.59. The average molecular weight is 392 g/mol. The van der Waals surface area contributed by atoms with Gasteiger partial charge < -0.3 is 10.1 Å². The van der Waals surface area contributed by atoms with Crippen molar-refractivity contribution >= 4 is 28.5 Å². The molecule has 0 aliphatic heterocycles. The highest BCUT2D eigenvalue weighted by molar-refractivity contribution is 6.05. The molecule has 1 N–H and O–H groups in total. The standard InChI is InChI=1S/C22H24N4O3/c1-12-20(13(2)26(4)25-12)24-21(27)14(3)29-22(28)17-11-19(15-9-10-15)23-18-8-6-5-7-16(17)18/h5-8,11,14-15H,9-10H2,1-4H3,(H,24,27)/t14-/m1/s1. The number of para-hydroxylation sites is 1. The number of anilines is 1. The maximum Gasteiger partial charge on any atom is 0.339 e. The predicted octanol–water partition coefficient (Wildman–Crippen LogP) is 3.65. The quantitative estimate of drug-likeness (QED) is 0.670. The summed E-state index contributed by atoms with van der Waals surface area (Å²) in [5.41, 5.74) is 4.32. The summed E-state index contributed by atoms with van der Waals surface area (Å²) in [5.74, 6) is -0.505. The van der Waals surface area contributed by atoms with Crippen LogP contribution in [-0.2, 0) is 16.6 Å². The Balaban J connectivity index is 1.55. The molecule has 3 aromatic rings. The molecule has 0 spiro atoms. The Morgan fingerprint density at radius 3 is 2.62 bits per heavy atom. The van der Waals surface area contributed by atoms with E-state index >= 15 is 0 Å². The molecule has 7 heteroatoms. The lowest BCUT2D eigenvalue weighted by Crippen LogP contribution is -2.30. The number of carbonyl (C=O) groups is 2. The van der Waals surface area contributed by atoms with Crippen molar-refractivity contribution in [3.8, 4) is 0 Å². The van der Waals surface area contributed by atoms with Crippen molar-refractivity contribution in [2.45, 2.75) is 45.6 Å². The molecular weight excluding hydrogens is 368 g/mol. The van der Waals surface area contributed by atoms with Gasteiger partial charge in [0.1, 0.15) is 0 Å². The van der Waals surface area contributed by atoms with E-state index in [4.69, 9.17) is 4.74 Å². The van der Waals surface area contributed by atoms with Crippen LogP contribution in [0.3, 0.4) is 0 Å². The average Bonchev–Trinajstić information content (AvgIpc) is 3.52. The summed E-state index contributed by atoms with van der Waals surface area (Å²) in [6.45, 7) is 5.26. The molecule has 7 nitrogen and oxygen atoms in total. The van der Waals surface area contributed by atoms with Gasteiger partial charge in [-0.3, -0.25) is 14.5 Å². The van der Waals surface area contributed by atoms with Crippen LogP contribution in [0.4, 0.5) is 5.69 Å². The zero-order chi connectivity index (χ0) is 20.7. The topological polar surface area (TPSA) is 86.1 Å². The number of nitrogens with zero attached hydrogens (tertiary/aromatic N) is 3. The summed E-state index contributed by atoms with van der Waals surface area (Å²) in [5, 5.41) is 7.84. The maximum absolute atomic E-state index is 12.9. The SMILES string of the molecule is Cc1nn(C)c(C)c1NC(=O)[C@@H](C)OC(=O)c1cc(C2CC2)nc2ccccc12. The zero-order valence-electron chi connectivity index (χ0n) is 17.0. The van der Waals surface area contributed by atoms with Crippen molar-refractivity contribution < 1.29 is 14.3 Å². The summed E-state index contributed by atoms with van der Waals surface area (Å²) >= 11 is 0. The Kier molecular flexibility index (Phi) is 4.82. The normalized spacial score (nSPS) is 14.6. The minimum absolute atomic E-state index is 0.390. The Bertz CT molecular complexity index is 1110. The van der Waals surface area contributed by atoms with E-state index in [2.05, 4.69) is 15.4 Å². The number of pyridine rings is 1. The van der Waals surface area contributed by atoms with E-state index in [0.29, 0.717) is 22.9 Å². The van der Waals surface area contributed by atoms with E-state index in [9.17, 15) is 9.59 Å². The molecule has 4 rings (SSSR count). The molecule has 29 heavy (non-hydrogen) atoms. The second kappa shape index (κ2) is 7.31. The highest BCUT2D eigenvalue weighted by Gasteiger charge is 2.28. The van der Waals surface area contributed by atoms with E-state index < -0.39 is 18.0 Å². The second-order valence-electron chi connectivity index (χ2n) is 7.59. The van der Waals surface area contributed by atoms with Gasteiger partial charge in [-0.05, 0) is 45.7 Å². The first kappa shape index (κ1) is 19.1. The van der Waals surface area contributed by atoms with Gasteiger partial charge >= 0.3 is 5.97 Å². The van der Waals surface area contributed by atoms with E-state index in [0.717, 1.165) is 35.1 Å².